The highest BCUT2D eigenvalue weighted by Gasteiger charge is 2.18. The summed E-state index contributed by atoms with van der Waals surface area (Å²) in [5.41, 5.74) is 8.45. The van der Waals surface area contributed by atoms with Gasteiger partial charge in [-0.25, -0.2) is 4.98 Å². The molecule has 1 heterocycles. The normalized spacial score (nSPS) is 18.0. The highest BCUT2D eigenvalue weighted by molar-refractivity contribution is 7.99. The Hall–Kier alpha value is -1.06. The predicted octanol–water partition coefficient (Wildman–Crippen LogP) is 4.55. The van der Waals surface area contributed by atoms with Crippen molar-refractivity contribution in [3.8, 4) is 0 Å². The van der Waals surface area contributed by atoms with E-state index < -0.39 is 0 Å². The van der Waals surface area contributed by atoms with Crippen molar-refractivity contribution < 1.29 is 0 Å². The Bertz CT molecular complexity index is 603. The zero-order chi connectivity index (χ0) is 14.7. The van der Waals surface area contributed by atoms with Gasteiger partial charge in [-0.05, 0) is 43.9 Å². The number of nitrogens with two attached hydrogens (primary N) is 1. The third-order valence-corrected chi connectivity index (χ3v) is 5.52. The Morgan fingerprint density at radius 3 is 2.76 bits per heavy atom. The molecule has 3 heteroatoms. The summed E-state index contributed by atoms with van der Waals surface area (Å²) >= 11 is 1.98. The highest BCUT2D eigenvalue weighted by atomic mass is 32.2. The number of fused-ring (bicyclic) bond motifs is 1. The van der Waals surface area contributed by atoms with Crippen molar-refractivity contribution >= 4 is 22.7 Å². The second-order valence-corrected chi connectivity index (χ2v) is 7.49. The number of para-hydroxylation sites is 1. The summed E-state index contributed by atoms with van der Waals surface area (Å²) in [6, 6.07) is 10.9. The number of aromatic nitrogens is 1. The van der Waals surface area contributed by atoms with Gasteiger partial charge in [0, 0.05) is 16.7 Å². The summed E-state index contributed by atoms with van der Waals surface area (Å²) < 4.78 is 0. The first-order valence-electron chi connectivity index (χ1n) is 8.03. The van der Waals surface area contributed by atoms with Gasteiger partial charge in [-0.2, -0.15) is 0 Å². The monoisotopic (exact) mass is 300 g/mol. The molecule has 1 aliphatic carbocycles. The minimum Gasteiger partial charge on any atom is -0.328 e. The molecule has 1 fully saturated rings. The van der Waals surface area contributed by atoms with Crippen LogP contribution in [-0.2, 0) is 6.42 Å². The van der Waals surface area contributed by atoms with E-state index in [9.17, 15) is 0 Å². The molecule has 2 N–H and O–H groups in total. The Labute approximate surface area is 131 Å². The average molecular weight is 300 g/mol. The Balaban J connectivity index is 1.92. The van der Waals surface area contributed by atoms with E-state index >= 15 is 0 Å². The summed E-state index contributed by atoms with van der Waals surface area (Å²) in [4.78, 5) is 4.93. The molecule has 2 nitrogen and oxygen atoms in total. The van der Waals surface area contributed by atoms with Gasteiger partial charge in [-0.1, -0.05) is 37.5 Å². The van der Waals surface area contributed by atoms with E-state index in [1.807, 2.05) is 11.8 Å². The van der Waals surface area contributed by atoms with E-state index in [-0.39, 0.29) is 6.04 Å². The van der Waals surface area contributed by atoms with E-state index in [1.165, 1.54) is 48.1 Å². The lowest BCUT2D eigenvalue weighted by molar-refractivity contribution is 0.515. The standard InChI is InChI=1S/C18H24N2S/c1-13(19)11-15-12-14-7-5-6-10-17(14)20-18(15)21-16-8-3-2-4-9-16/h5-7,10,12-13,16H,2-4,8-9,11,19H2,1H3. The first-order valence-corrected chi connectivity index (χ1v) is 8.91. The average Bonchev–Trinajstić information content (AvgIpc) is 2.48. The van der Waals surface area contributed by atoms with Crippen molar-refractivity contribution in [1.82, 2.24) is 4.98 Å². The molecule has 21 heavy (non-hydrogen) atoms. The number of hydrogen-bond acceptors (Lipinski definition) is 3. The molecule has 0 radical (unpaired) electrons. The first kappa shape index (κ1) is 14.9. The second-order valence-electron chi connectivity index (χ2n) is 6.20. The van der Waals surface area contributed by atoms with Crippen LogP contribution in [0.25, 0.3) is 10.9 Å². The highest BCUT2D eigenvalue weighted by Crippen LogP contribution is 2.35. The zero-order valence-corrected chi connectivity index (χ0v) is 13.5. The van der Waals surface area contributed by atoms with E-state index in [0.29, 0.717) is 0 Å². The molecule has 1 saturated carbocycles. The second kappa shape index (κ2) is 6.80. The van der Waals surface area contributed by atoms with Crippen LogP contribution in [0.3, 0.4) is 0 Å². The minimum atomic E-state index is 0.179. The van der Waals surface area contributed by atoms with Crippen molar-refractivity contribution in [2.45, 2.75) is 61.8 Å². The van der Waals surface area contributed by atoms with Gasteiger partial charge in [-0.3, -0.25) is 0 Å². The number of rotatable bonds is 4. The van der Waals surface area contributed by atoms with Crippen LogP contribution in [0.4, 0.5) is 0 Å². The van der Waals surface area contributed by atoms with Crippen molar-refractivity contribution in [1.29, 1.82) is 0 Å². The quantitative estimate of drug-likeness (QED) is 0.900. The molecular weight excluding hydrogens is 276 g/mol. The molecule has 0 amide bonds. The third kappa shape index (κ3) is 3.78. The van der Waals surface area contributed by atoms with Gasteiger partial charge in [-0.15, -0.1) is 11.8 Å². The predicted molar refractivity (Wildman–Crippen MR) is 91.8 cm³/mol. The molecule has 1 atom stereocenters. The van der Waals surface area contributed by atoms with Gasteiger partial charge in [0.1, 0.15) is 5.03 Å². The van der Waals surface area contributed by atoms with Crippen LogP contribution < -0.4 is 5.73 Å². The molecule has 1 aliphatic rings. The molecule has 0 bridgehead atoms. The SMILES string of the molecule is CC(N)Cc1cc2ccccc2nc1SC1CCCCC1. The Morgan fingerprint density at radius 1 is 1.24 bits per heavy atom. The third-order valence-electron chi connectivity index (χ3n) is 4.14. The van der Waals surface area contributed by atoms with Crippen LogP contribution in [0.2, 0.25) is 0 Å². The summed E-state index contributed by atoms with van der Waals surface area (Å²) in [7, 11) is 0. The van der Waals surface area contributed by atoms with E-state index in [2.05, 4.69) is 37.3 Å². The van der Waals surface area contributed by atoms with E-state index in [1.54, 1.807) is 0 Å². The smallest absolute Gasteiger partial charge is 0.100 e. The molecule has 0 spiro atoms. The Morgan fingerprint density at radius 2 is 2.00 bits per heavy atom. The zero-order valence-electron chi connectivity index (χ0n) is 12.7. The molecule has 112 valence electrons. The van der Waals surface area contributed by atoms with Gasteiger partial charge in [0.2, 0.25) is 0 Å². The summed E-state index contributed by atoms with van der Waals surface area (Å²) in [6.45, 7) is 2.07. The number of benzene rings is 1. The van der Waals surface area contributed by atoms with Crippen LogP contribution >= 0.6 is 11.8 Å². The van der Waals surface area contributed by atoms with Crippen LogP contribution in [0.5, 0.6) is 0 Å². The number of thioether (sulfide) groups is 1. The molecule has 0 aliphatic heterocycles. The maximum atomic E-state index is 6.03. The molecule has 0 saturated heterocycles. The lowest BCUT2D eigenvalue weighted by Crippen LogP contribution is -2.19. The van der Waals surface area contributed by atoms with Gasteiger partial charge >= 0.3 is 0 Å². The molecule has 2 aromatic rings. The van der Waals surface area contributed by atoms with Crippen LogP contribution in [0.15, 0.2) is 35.4 Å². The first-order chi connectivity index (χ1) is 10.2. The maximum absolute atomic E-state index is 6.03. The number of pyridine rings is 1. The van der Waals surface area contributed by atoms with Crippen LogP contribution in [-0.4, -0.2) is 16.3 Å². The van der Waals surface area contributed by atoms with Gasteiger partial charge in [0.15, 0.2) is 0 Å². The van der Waals surface area contributed by atoms with Crippen LogP contribution in [0.1, 0.15) is 44.6 Å². The number of nitrogens with zero attached hydrogens (tertiary/aromatic N) is 1. The molecular formula is C18H24N2S. The summed E-state index contributed by atoms with van der Waals surface area (Å²) in [5, 5.41) is 3.17. The van der Waals surface area contributed by atoms with Crippen molar-refractivity contribution in [3.05, 3.63) is 35.9 Å². The fourth-order valence-electron chi connectivity index (χ4n) is 3.08. The van der Waals surface area contributed by atoms with Gasteiger partial charge in [0.05, 0.1) is 5.52 Å². The fraction of sp³-hybridized carbons (Fsp3) is 0.500. The van der Waals surface area contributed by atoms with Gasteiger partial charge in [0.25, 0.3) is 0 Å². The molecule has 1 unspecified atom stereocenters. The van der Waals surface area contributed by atoms with E-state index in [0.717, 1.165) is 17.2 Å². The molecule has 3 rings (SSSR count). The number of hydrogen-bond donors (Lipinski definition) is 1. The fourth-order valence-corrected chi connectivity index (χ4v) is 4.41. The lowest BCUT2D eigenvalue weighted by atomic mass is 10.0. The Kier molecular flexibility index (Phi) is 4.81. The largest absolute Gasteiger partial charge is 0.328 e. The molecule has 1 aromatic carbocycles. The maximum Gasteiger partial charge on any atom is 0.100 e. The topological polar surface area (TPSA) is 38.9 Å². The van der Waals surface area contributed by atoms with E-state index in [4.69, 9.17) is 10.7 Å². The van der Waals surface area contributed by atoms with Crippen molar-refractivity contribution in [2.24, 2.45) is 5.73 Å². The van der Waals surface area contributed by atoms with Crippen molar-refractivity contribution in [3.63, 3.8) is 0 Å². The minimum absolute atomic E-state index is 0.179. The van der Waals surface area contributed by atoms with Gasteiger partial charge < -0.3 is 5.73 Å². The lowest BCUT2D eigenvalue weighted by Gasteiger charge is -2.22. The van der Waals surface area contributed by atoms with Crippen LogP contribution in [0, 0.1) is 0 Å². The summed E-state index contributed by atoms with van der Waals surface area (Å²) in [6.07, 6.45) is 7.71. The summed E-state index contributed by atoms with van der Waals surface area (Å²) in [5.74, 6) is 0. The van der Waals surface area contributed by atoms with Crippen molar-refractivity contribution in [2.75, 3.05) is 0 Å². The molecule has 1 aromatic heterocycles.